The summed E-state index contributed by atoms with van der Waals surface area (Å²) in [7, 11) is 0. The summed E-state index contributed by atoms with van der Waals surface area (Å²) in [4.78, 5) is 49.2. The van der Waals surface area contributed by atoms with Crippen LogP contribution >= 0.6 is 0 Å². The SMILES string of the molecule is CC(=O)N[C@@H]1[C@@H](O[C@@H]2O[C@H](CO)[C@H](O)[C@H](O[C@@H]3O[C@H](CO)[C@@H](O[C@@H]4O[C@H](CO[C@]5(C(=O)O)C[C@H](O)[C@@H](NC(C)=O)[C@H]([C@H](O)[C@H](O)CO)O5)[C@H](O)[C@H](O)[C@H]4O)[C@H](O)[C@H]3NC(C)=O)[C@H]2O)[C@@H](O)[C@@H](CO)O[C@@H]1O. The van der Waals surface area contributed by atoms with Gasteiger partial charge in [-0.1, -0.05) is 0 Å². The molecule has 5 fully saturated rings. The van der Waals surface area contributed by atoms with E-state index in [-0.39, 0.29) is 0 Å². The molecule has 32 nitrogen and oxygen atoms in total. The standard InChI is InChI=1S/C39H65N3O29/c1-10(47)40-19-13(50)4-39(38(61)62,71-32(19)22(52)14(51)5-43)63-9-18-23(53)27(57)28(58)36(67-18)68-30-17(8-46)66-35(20(26(30)56)41-11(2)48)70-33-25(55)16(7-45)65-37(29(33)59)69-31-21(42-12(3)49)34(60)64-15(6-44)24(31)54/h13-37,43-46,50-60H,4-9H2,1-3H3,(H,40,47)(H,41,48)(H,42,49)(H,61,62)/t13-,14+,15+,16+,17+,18+,19+,20+,21+,22+,23-,24-,25-,26+,27-,28+,29+,30+,31+,32+,33-,34-,35-,36-,37-,39+/m0/s1. The minimum absolute atomic E-state index is 0.741. The molecule has 5 rings (SSSR count). The fourth-order valence-electron chi connectivity index (χ4n) is 8.83. The van der Waals surface area contributed by atoms with E-state index in [1.807, 2.05) is 0 Å². The first-order valence-electron chi connectivity index (χ1n) is 22.2. The number of rotatable bonds is 19. The minimum Gasteiger partial charge on any atom is -0.477 e. The predicted octanol–water partition coefficient (Wildman–Crippen LogP) is -12.3. The van der Waals surface area contributed by atoms with Crippen LogP contribution in [0.15, 0.2) is 0 Å². The first-order valence-corrected chi connectivity index (χ1v) is 22.2. The van der Waals surface area contributed by atoms with Crippen molar-refractivity contribution in [1.29, 1.82) is 0 Å². The number of aliphatic hydroxyl groups excluding tert-OH is 15. The van der Waals surface area contributed by atoms with E-state index in [0.29, 0.717) is 0 Å². The van der Waals surface area contributed by atoms with Gasteiger partial charge < -0.3 is 140 Å². The van der Waals surface area contributed by atoms with Crippen molar-refractivity contribution < 1.29 is 144 Å². The lowest BCUT2D eigenvalue weighted by atomic mass is 9.88. The second kappa shape index (κ2) is 25.0. The number of hydrogen-bond donors (Lipinski definition) is 19. The molecule has 410 valence electrons. The van der Waals surface area contributed by atoms with E-state index >= 15 is 0 Å². The summed E-state index contributed by atoms with van der Waals surface area (Å²) < 4.78 is 50.8. The molecule has 3 amide bonds. The molecule has 19 N–H and O–H groups in total. The summed E-state index contributed by atoms with van der Waals surface area (Å²) in [6.07, 6.45) is -44.1. The first kappa shape index (κ1) is 58.8. The molecule has 32 heteroatoms. The van der Waals surface area contributed by atoms with Crippen LogP contribution in [0.4, 0.5) is 0 Å². The van der Waals surface area contributed by atoms with Gasteiger partial charge in [-0.25, -0.2) is 4.79 Å². The zero-order valence-corrected chi connectivity index (χ0v) is 38.1. The third kappa shape index (κ3) is 13.1. The number of ether oxygens (including phenoxy) is 9. The monoisotopic (exact) mass is 1040 g/mol. The third-order valence-corrected chi connectivity index (χ3v) is 12.5. The lowest BCUT2D eigenvalue weighted by molar-refractivity contribution is -0.378. The van der Waals surface area contributed by atoms with Crippen molar-refractivity contribution in [3.05, 3.63) is 0 Å². The highest BCUT2D eigenvalue weighted by molar-refractivity contribution is 5.76. The normalized spacial score (nSPS) is 45.0. The highest BCUT2D eigenvalue weighted by atomic mass is 16.8. The maximum atomic E-state index is 12.7. The van der Waals surface area contributed by atoms with Crippen LogP contribution < -0.4 is 16.0 Å². The van der Waals surface area contributed by atoms with Crippen LogP contribution in [0.1, 0.15) is 27.2 Å². The first-order chi connectivity index (χ1) is 33.3. The van der Waals surface area contributed by atoms with Gasteiger partial charge in [0.15, 0.2) is 25.2 Å². The molecule has 0 unspecified atom stereocenters. The molecule has 5 saturated heterocycles. The lowest BCUT2D eigenvalue weighted by Crippen LogP contribution is -2.70. The van der Waals surface area contributed by atoms with Crippen LogP contribution in [-0.2, 0) is 61.8 Å². The molecule has 0 radical (unpaired) electrons. The summed E-state index contributed by atoms with van der Waals surface area (Å²) in [6.45, 7) is -2.07. The molecular weight excluding hydrogens is 974 g/mol. The average molecular weight is 1040 g/mol. The van der Waals surface area contributed by atoms with Gasteiger partial charge in [-0.3, -0.25) is 14.4 Å². The molecule has 0 aliphatic carbocycles. The van der Waals surface area contributed by atoms with Crippen LogP contribution in [-0.4, -0.2) is 297 Å². The van der Waals surface area contributed by atoms with Gasteiger partial charge in [0, 0.05) is 27.2 Å². The van der Waals surface area contributed by atoms with Gasteiger partial charge in [-0.2, -0.15) is 0 Å². The smallest absolute Gasteiger partial charge is 0.364 e. The van der Waals surface area contributed by atoms with Crippen molar-refractivity contribution in [3.8, 4) is 0 Å². The average Bonchev–Trinajstić information content (AvgIpc) is 3.31. The van der Waals surface area contributed by atoms with Crippen LogP contribution in [0.2, 0.25) is 0 Å². The molecule has 0 aromatic rings. The van der Waals surface area contributed by atoms with Gasteiger partial charge in [0.05, 0.1) is 45.2 Å². The number of carboxylic acid groups (broad SMARTS) is 1. The second-order valence-corrected chi connectivity index (χ2v) is 17.6. The van der Waals surface area contributed by atoms with E-state index in [1.165, 1.54) is 0 Å². The molecule has 71 heavy (non-hydrogen) atoms. The van der Waals surface area contributed by atoms with Gasteiger partial charge in [-0.15, -0.1) is 0 Å². The van der Waals surface area contributed by atoms with Crippen molar-refractivity contribution in [2.75, 3.05) is 33.0 Å². The van der Waals surface area contributed by atoms with Crippen molar-refractivity contribution in [3.63, 3.8) is 0 Å². The highest BCUT2D eigenvalue weighted by Gasteiger charge is 2.59. The molecule has 5 heterocycles. The van der Waals surface area contributed by atoms with E-state index < -0.39 is 222 Å². The molecule has 5 aliphatic heterocycles. The van der Waals surface area contributed by atoms with Crippen LogP contribution in [0.25, 0.3) is 0 Å². The van der Waals surface area contributed by atoms with Gasteiger partial charge in [0.2, 0.25) is 17.7 Å². The Balaban J connectivity index is 1.36. The zero-order chi connectivity index (χ0) is 53.0. The molecule has 0 bridgehead atoms. The number of aliphatic hydroxyl groups is 15. The minimum atomic E-state index is -2.97. The van der Waals surface area contributed by atoms with E-state index in [0.717, 1.165) is 20.8 Å². The van der Waals surface area contributed by atoms with Gasteiger partial charge >= 0.3 is 5.97 Å². The van der Waals surface area contributed by atoms with Crippen molar-refractivity contribution >= 4 is 23.7 Å². The fraction of sp³-hybridized carbons (Fsp3) is 0.897. The summed E-state index contributed by atoms with van der Waals surface area (Å²) in [5, 5.41) is 178. The number of carbonyl (C=O) groups is 4. The number of nitrogens with one attached hydrogen (secondary N) is 3. The molecule has 0 spiro atoms. The number of hydrogen-bond acceptors (Lipinski definition) is 28. The molecule has 0 saturated carbocycles. The molecule has 0 aromatic carbocycles. The zero-order valence-electron chi connectivity index (χ0n) is 38.1. The van der Waals surface area contributed by atoms with Crippen LogP contribution in [0.5, 0.6) is 0 Å². The maximum absolute atomic E-state index is 12.7. The Morgan fingerprint density at radius 1 is 0.563 bits per heavy atom. The quantitative estimate of drug-likeness (QED) is 0.0571. The summed E-state index contributed by atoms with van der Waals surface area (Å²) in [6, 6.07) is -4.95. The second-order valence-electron chi connectivity index (χ2n) is 17.6. The predicted molar refractivity (Wildman–Crippen MR) is 219 cm³/mol. The topological polar surface area (TPSA) is 511 Å². The fourth-order valence-corrected chi connectivity index (χ4v) is 8.83. The van der Waals surface area contributed by atoms with Gasteiger partial charge in [0.25, 0.3) is 5.79 Å². The Hall–Kier alpha value is -3.08. The van der Waals surface area contributed by atoms with Gasteiger partial charge in [-0.05, 0) is 0 Å². The van der Waals surface area contributed by atoms with E-state index in [1.54, 1.807) is 0 Å². The summed E-state index contributed by atoms with van der Waals surface area (Å²) >= 11 is 0. The maximum Gasteiger partial charge on any atom is 0.364 e. The van der Waals surface area contributed by atoms with E-state index in [2.05, 4.69) is 16.0 Å². The largest absolute Gasteiger partial charge is 0.477 e. The Morgan fingerprint density at radius 3 is 1.62 bits per heavy atom. The number of aliphatic carboxylic acids is 1. The van der Waals surface area contributed by atoms with Crippen LogP contribution in [0, 0.1) is 0 Å². The Bertz CT molecular complexity index is 1780. The third-order valence-electron chi connectivity index (χ3n) is 12.5. The summed E-state index contributed by atoms with van der Waals surface area (Å²) in [5.41, 5.74) is 0. The molecule has 5 aliphatic rings. The Morgan fingerprint density at radius 2 is 1.06 bits per heavy atom. The van der Waals surface area contributed by atoms with E-state index in [9.17, 15) is 101 Å². The molecular formula is C39H65N3O29. The van der Waals surface area contributed by atoms with Crippen molar-refractivity contribution in [2.45, 2.75) is 186 Å². The molecule has 26 atom stereocenters. The lowest BCUT2D eigenvalue weighted by Gasteiger charge is -2.50. The Labute approximate surface area is 402 Å². The number of amides is 3. The number of carboxylic acids is 1. The Kier molecular flexibility index (Phi) is 20.7. The van der Waals surface area contributed by atoms with Crippen molar-refractivity contribution in [2.24, 2.45) is 0 Å². The number of carbonyl (C=O) groups excluding carboxylic acids is 3. The summed E-state index contributed by atoms with van der Waals surface area (Å²) in [5.74, 6) is -7.32. The highest BCUT2D eigenvalue weighted by Crippen LogP contribution is 2.37. The van der Waals surface area contributed by atoms with E-state index in [4.69, 9.17) is 42.6 Å². The van der Waals surface area contributed by atoms with Gasteiger partial charge in [0.1, 0.15) is 116 Å². The van der Waals surface area contributed by atoms with Crippen molar-refractivity contribution in [1.82, 2.24) is 16.0 Å². The molecule has 0 aromatic heterocycles. The van der Waals surface area contributed by atoms with Crippen LogP contribution in [0.3, 0.4) is 0 Å².